The van der Waals surface area contributed by atoms with Crippen LogP contribution in [0.1, 0.15) is 48.7 Å². The molecular formula is C24H39IN6. The summed E-state index contributed by atoms with van der Waals surface area (Å²) in [5.74, 6) is 1.67. The Morgan fingerprint density at radius 3 is 2.55 bits per heavy atom. The number of likely N-dealkylation sites (tertiary alicyclic amines) is 1. The van der Waals surface area contributed by atoms with Gasteiger partial charge in [-0.25, -0.2) is 0 Å². The van der Waals surface area contributed by atoms with Crippen molar-refractivity contribution in [1.82, 2.24) is 25.3 Å². The highest BCUT2D eigenvalue weighted by Gasteiger charge is 2.16. The number of guanidine groups is 1. The molecule has 1 aromatic carbocycles. The van der Waals surface area contributed by atoms with Crippen molar-refractivity contribution in [3.63, 3.8) is 0 Å². The van der Waals surface area contributed by atoms with E-state index in [1.807, 2.05) is 14.0 Å². The van der Waals surface area contributed by atoms with Crippen LogP contribution in [0.25, 0.3) is 0 Å². The number of nitrogens with zero attached hydrogens (tertiary/aromatic N) is 4. The van der Waals surface area contributed by atoms with Gasteiger partial charge in [-0.05, 0) is 62.8 Å². The Bertz CT molecular complexity index is 814. The number of hydrogen-bond donors (Lipinski definition) is 2. The summed E-state index contributed by atoms with van der Waals surface area (Å²) in [4.78, 5) is 6.92. The minimum absolute atomic E-state index is 0. The van der Waals surface area contributed by atoms with Crippen molar-refractivity contribution in [2.45, 2.75) is 59.7 Å². The van der Waals surface area contributed by atoms with Gasteiger partial charge in [0.2, 0.25) is 0 Å². The normalized spacial score (nSPS) is 17.3. The molecule has 31 heavy (non-hydrogen) atoms. The van der Waals surface area contributed by atoms with Crippen LogP contribution in [0.3, 0.4) is 0 Å². The molecule has 0 bridgehead atoms. The van der Waals surface area contributed by atoms with Crippen LogP contribution in [0.4, 0.5) is 0 Å². The van der Waals surface area contributed by atoms with Crippen molar-refractivity contribution in [3.8, 4) is 0 Å². The van der Waals surface area contributed by atoms with Crippen molar-refractivity contribution in [2.75, 3.05) is 26.7 Å². The van der Waals surface area contributed by atoms with Crippen molar-refractivity contribution < 1.29 is 0 Å². The molecule has 2 aromatic rings. The lowest BCUT2D eigenvalue weighted by Gasteiger charge is -2.30. The van der Waals surface area contributed by atoms with Gasteiger partial charge < -0.3 is 10.6 Å². The number of benzene rings is 1. The molecule has 1 aromatic heterocycles. The molecule has 0 amide bonds. The van der Waals surface area contributed by atoms with E-state index in [4.69, 9.17) is 0 Å². The number of hydrogen-bond acceptors (Lipinski definition) is 3. The molecule has 2 N–H and O–H groups in total. The van der Waals surface area contributed by atoms with Crippen LogP contribution in [0.15, 0.2) is 35.3 Å². The fraction of sp³-hybridized carbons (Fsp3) is 0.583. The second-order valence-electron chi connectivity index (χ2n) is 8.66. The number of aryl methyl sites for hydroxylation is 3. The minimum Gasteiger partial charge on any atom is -0.356 e. The van der Waals surface area contributed by atoms with E-state index in [1.54, 1.807) is 0 Å². The zero-order valence-corrected chi connectivity index (χ0v) is 21.9. The summed E-state index contributed by atoms with van der Waals surface area (Å²) in [6.07, 6.45) is 3.71. The van der Waals surface area contributed by atoms with E-state index in [0.29, 0.717) is 0 Å². The predicted molar refractivity (Wildman–Crippen MR) is 140 cm³/mol. The van der Waals surface area contributed by atoms with Gasteiger partial charge in [0.05, 0.1) is 5.69 Å². The quantitative estimate of drug-likeness (QED) is 0.230. The molecule has 1 aliphatic heterocycles. The molecule has 0 aliphatic carbocycles. The third kappa shape index (κ3) is 8.44. The Balaban J connectivity index is 0.00000341. The Morgan fingerprint density at radius 1 is 1.16 bits per heavy atom. The molecule has 1 unspecified atom stereocenters. The summed E-state index contributed by atoms with van der Waals surface area (Å²) in [6, 6.07) is 11.1. The first-order valence-corrected chi connectivity index (χ1v) is 11.3. The second kappa shape index (κ2) is 13.1. The monoisotopic (exact) mass is 538 g/mol. The van der Waals surface area contributed by atoms with Crippen LogP contribution in [-0.2, 0) is 19.6 Å². The second-order valence-corrected chi connectivity index (χ2v) is 8.66. The minimum atomic E-state index is 0. The summed E-state index contributed by atoms with van der Waals surface area (Å²) < 4.78 is 2.07. The zero-order valence-electron chi connectivity index (χ0n) is 19.5. The van der Waals surface area contributed by atoms with E-state index in [2.05, 4.69) is 74.5 Å². The maximum atomic E-state index is 4.51. The van der Waals surface area contributed by atoms with E-state index in [9.17, 15) is 0 Å². The number of rotatable bonds is 8. The van der Waals surface area contributed by atoms with Crippen molar-refractivity contribution in [1.29, 1.82) is 0 Å². The average molecular weight is 539 g/mol. The first-order chi connectivity index (χ1) is 14.5. The maximum Gasteiger partial charge on any atom is 0.191 e. The lowest BCUT2D eigenvalue weighted by atomic mass is 9.99. The molecule has 3 rings (SSSR count). The Morgan fingerprint density at radius 2 is 1.90 bits per heavy atom. The van der Waals surface area contributed by atoms with Crippen LogP contribution in [-0.4, -0.2) is 47.3 Å². The molecule has 0 saturated carbocycles. The van der Waals surface area contributed by atoms with Crippen molar-refractivity contribution in [2.24, 2.45) is 10.9 Å². The van der Waals surface area contributed by atoms with Crippen LogP contribution in [0, 0.1) is 19.8 Å². The molecule has 1 fully saturated rings. The first-order valence-electron chi connectivity index (χ1n) is 11.3. The van der Waals surface area contributed by atoms with Gasteiger partial charge in [0.25, 0.3) is 0 Å². The number of piperidine rings is 1. The van der Waals surface area contributed by atoms with Gasteiger partial charge in [0.1, 0.15) is 0 Å². The van der Waals surface area contributed by atoms with Gasteiger partial charge in [-0.15, -0.1) is 24.0 Å². The SMILES string of the molecule is CN=C(NCCCn1nc(C)cc1C)NCc1ccc(CN2CCCC(C)C2)cc1.I. The zero-order chi connectivity index (χ0) is 21.3. The van der Waals surface area contributed by atoms with Gasteiger partial charge in [-0.3, -0.25) is 14.6 Å². The van der Waals surface area contributed by atoms with Crippen LogP contribution < -0.4 is 10.6 Å². The average Bonchev–Trinajstić information content (AvgIpc) is 3.05. The van der Waals surface area contributed by atoms with Gasteiger partial charge in [0.15, 0.2) is 5.96 Å². The fourth-order valence-corrected chi connectivity index (χ4v) is 4.19. The van der Waals surface area contributed by atoms with Crippen LogP contribution in [0.2, 0.25) is 0 Å². The van der Waals surface area contributed by atoms with E-state index >= 15 is 0 Å². The molecule has 1 saturated heterocycles. The van der Waals surface area contributed by atoms with Gasteiger partial charge in [-0.2, -0.15) is 5.10 Å². The maximum absolute atomic E-state index is 4.51. The summed E-state index contributed by atoms with van der Waals surface area (Å²) in [7, 11) is 1.82. The van der Waals surface area contributed by atoms with Gasteiger partial charge in [0, 0.05) is 45.5 Å². The highest BCUT2D eigenvalue weighted by atomic mass is 127. The first kappa shape index (κ1) is 25.6. The highest BCUT2D eigenvalue weighted by Crippen LogP contribution is 2.18. The third-order valence-corrected chi connectivity index (χ3v) is 5.80. The molecule has 1 atom stereocenters. The lowest BCUT2D eigenvalue weighted by molar-refractivity contribution is 0.176. The van der Waals surface area contributed by atoms with E-state index < -0.39 is 0 Å². The van der Waals surface area contributed by atoms with Crippen LogP contribution >= 0.6 is 24.0 Å². The summed E-state index contributed by atoms with van der Waals surface area (Å²) in [5.41, 5.74) is 4.97. The summed E-state index contributed by atoms with van der Waals surface area (Å²) in [5, 5.41) is 11.3. The molecule has 6 nitrogen and oxygen atoms in total. The highest BCUT2D eigenvalue weighted by molar-refractivity contribution is 14.0. The predicted octanol–water partition coefficient (Wildman–Crippen LogP) is 4.11. The molecule has 2 heterocycles. The molecular weight excluding hydrogens is 499 g/mol. The molecule has 1 aliphatic rings. The van der Waals surface area contributed by atoms with Gasteiger partial charge in [-0.1, -0.05) is 31.2 Å². The Labute approximate surface area is 204 Å². The van der Waals surface area contributed by atoms with E-state index in [0.717, 1.165) is 50.2 Å². The molecule has 0 spiro atoms. The Hall–Kier alpha value is -1.61. The molecule has 7 heteroatoms. The smallest absolute Gasteiger partial charge is 0.191 e. The number of aromatic nitrogens is 2. The van der Waals surface area contributed by atoms with E-state index in [1.165, 1.54) is 42.8 Å². The topological polar surface area (TPSA) is 57.5 Å². The molecule has 0 radical (unpaired) electrons. The standard InChI is InChI=1S/C24H38N6.HI/c1-19-7-5-13-29(17-19)18-23-10-8-22(9-11-23)16-27-24(25-4)26-12-6-14-30-21(3)15-20(2)28-30;/h8-11,15,19H,5-7,12-14,16-18H2,1-4H3,(H2,25,26,27);1H. The Kier molecular flexibility index (Phi) is 10.8. The number of nitrogens with one attached hydrogen (secondary N) is 2. The van der Waals surface area contributed by atoms with Crippen LogP contribution in [0.5, 0.6) is 0 Å². The largest absolute Gasteiger partial charge is 0.356 e. The van der Waals surface area contributed by atoms with E-state index in [-0.39, 0.29) is 24.0 Å². The van der Waals surface area contributed by atoms with Crippen molar-refractivity contribution in [3.05, 3.63) is 52.8 Å². The molecule has 172 valence electrons. The van der Waals surface area contributed by atoms with Gasteiger partial charge >= 0.3 is 0 Å². The fourth-order valence-electron chi connectivity index (χ4n) is 4.19. The third-order valence-electron chi connectivity index (χ3n) is 5.80. The number of halogens is 1. The summed E-state index contributed by atoms with van der Waals surface area (Å²) >= 11 is 0. The summed E-state index contributed by atoms with van der Waals surface area (Å²) in [6.45, 7) is 12.6. The number of aliphatic imine (C=N–C) groups is 1. The van der Waals surface area contributed by atoms with Crippen molar-refractivity contribution >= 4 is 29.9 Å². The lowest BCUT2D eigenvalue weighted by Crippen LogP contribution is -2.37.